The lowest BCUT2D eigenvalue weighted by Crippen LogP contribution is -2.12. The van der Waals surface area contributed by atoms with E-state index in [1.165, 1.54) is 0 Å². The molecular weight excluding hydrogens is 244 g/mol. The highest BCUT2D eigenvalue weighted by Gasteiger charge is 2.14. The van der Waals surface area contributed by atoms with Crippen LogP contribution in [0.1, 0.15) is 41.3 Å². The fourth-order valence-corrected chi connectivity index (χ4v) is 1.71. The van der Waals surface area contributed by atoms with Crippen LogP contribution in [-0.4, -0.2) is 25.8 Å². The molecule has 0 atom stereocenters. The number of hydrogen-bond acceptors (Lipinski definition) is 4. The zero-order chi connectivity index (χ0) is 14.1. The van der Waals surface area contributed by atoms with Crippen molar-refractivity contribution in [1.82, 2.24) is 0 Å². The summed E-state index contributed by atoms with van der Waals surface area (Å²) in [4.78, 5) is 21.5. The van der Waals surface area contributed by atoms with Gasteiger partial charge in [0.2, 0.25) is 0 Å². The minimum absolute atomic E-state index is 0.250. The van der Waals surface area contributed by atoms with Gasteiger partial charge in [-0.3, -0.25) is 4.89 Å². The van der Waals surface area contributed by atoms with Crippen LogP contribution < -0.4 is 0 Å². The fraction of sp³-hybridized carbons (Fsp3) is 0.533. The number of unbranched alkanes of at least 4 members (excludes halogenated alkanes) is 1. The maximum Gasteiger partial charge on any atom is 0.373 e. The summed E-state index contributed by atoms with van der Waals surface area (Å²) < 4.78 is 5.29. The smallest absolute Gasteiger partial charge is 0.373 e. The standard InChI is InChI=1S/C15H22O4/c1-4-5-9-17-10-11-18-19-15(16)14-12(2)7-6-8-13(14)3/h6-8H,4-5,9-11H2,1-3H3. The Labute approximate surface area is 114 Å². The first-order valence-corrected chi connectivity index (χ1v) is 6.64. The number of ether oxygens (including phenoxy) is 1. The van der Waals surface area contributed by atoms with Crippen molar-refractivity contribution in [3.8, 4) is 0 Å². The third kappa shape index (κ3) is 5.41. The molecule has 0 spiro atoms. The summed E-state index contributed by atoms with van der Waals surface area (Å²) in [6.07, 6.45) is 2.13. The van der Waals surface area contributed by atoms with E-state index in [0.717, 1.165) is 24.0 Å². The fourth-order valence-electron chi connectivity index (χ4n) is 1.71. The molecule has 4 nitrogen and oxygen atoms in total. The number of carbonyl (C=O) groups excluding carboxylic acids is 1. The number of rotatable bonds is 8. The van der Waals surface area contributed by atoms with Crippen LogP contribution >= 0.6 is 0 Å². The molecule has 1 rings (SSSR count). The van der Waals surface area contributed by atoms with Gasteiger partial charge in [0.05, 0.1) is 12.2 Å². The molecule has 0 amide bonds. The molecule has 0 bridgehead atoms. The maximum absolute atomic E-state index is 11.8. The summed E-state index contributed by atoms with van der Waals surface area (Å²) in [5.41, 5.74) is 2.33. The van der Waals surface area contributed by atoms with Gasteiger partial charge in [-0.1, -0.05) is 31.5 Å². The number of carbonyl (C=O) groups is 1. The Bertz CT molecular complexity index is 381. The molecule has 0 radical (unpaired) electrons. The molecule has 0 aliphatic rings. The minimum atomic E-state index is -0.454. The zero-order valence-electron chi connectivity index (χ0n) is 11.9. The largest absolute Gasteiger partial charge is 0.379 e. The van der Waals surface area contributed by atoms with Gasteiger partial charge in [0.1, 0.15) is 6.61 Å². The van der Waals surface area contributed by atoms with E-state index >= 15 is 0 Å². The molecular formula is C15H22O4. The van der Waals surface area contributed by atoms with Gasteiger partial charge in [-0.05, 0) is 31.4 Å². The van der Waals surface area contributed by atoms with Gasteiger partial charge in [0.25, 0.3) is 0 Å². The van der Waals surface area contributed by atoms with E-state index in [1.807, 2.05) is 32.0 Å². The minimum Gasteiger partial charge on any atom is -0.379 e. The van der Waals surface area contributed by atoms with Crippen LogP contribution in [0.25, 0.3) is 0 Å². The second-order valence-corrected chi connectivity index (χ2v) is 4.43. The Morgan fingerprint density at radius 3 is 2.42 bits per heavy atom. The molecule has 0 N–H and O–H groups in total. The van der Waals surface area contributed by atoms with E-state index in [1.54, 1.807) is 0 Å². The van der Waals surface area contributed by atoms with Gasteiger partial charge >= 0.3 is 5.97 Å². The Balaban J connectivity index is 2.28. The first kappa shape index (κ1) is 15.7. The van der Waals surface area contributed by atoms with Crippen molar-refractivity contribution in [2.75, 3.05) is 19.8 Å². The summed E-state index contributed by atoms with van der Waals surface area (Å²) >= 11 is 0. The molecule has 0 aromatic heterocycles. The number of hydrogen-bond donors (Lipinski definition) is 0. The predicted molar refractivity (Wildman–Crippen MR) is 73.0 cm³/mol. The lowest BCUT2D eigenvalue weighted by Gasteiger charge is -2.08. The summed E-state index contributed by atoms with van der Waals surface area (Å²) in [5.74, 6) is -0.454. The quantitative estimate of drug-likeness (QED) is 0.412. The molecule has 0 fully saturated rings. The molecule has 1 aromatic carbocycles. The van der Waals surface area contributed by atoms with E-state index < -0.39 is 5.97 Å². The van der Waals surface area contributed by atoms with Crippen molar-refractivity contribution in [2.45, 2.75) is 33.6 Å². The molecule has 1 aromatic rings. The Kier molecular flexibility index (Phi) is 7.15. The predicted octanol–water partition coefficient (Wildman–Crippen LogP) is 3.21. The van der Waals surface area contributed by atoms with E-state index in [-0.39, 0.29) is 6.61 Å². The SMILES string of the molecule is CCCCOCCOOC(=O)c1c(C)cccc1C. The van der Waals surface area contributed by atoms with Crippen LogP contribution in [-0.2, 0) is 14.5 Å². The van der Waals surface area contributed by atoms with Crippen LogP contribution in [0.5, 0.6) is 0 Å². The van der Waals surface area contributed by atoms with E-state index in [4.69, 9.17) is 14.5 Å². The summed E-state index contributed by atoms with van der Waals surface area (Å²) in [6, 6.07) is 5.65. The Morgan fingerprint density at radius 2 is 1.79 bits per heavy atom. The molecule has 0 heterocycles. The highest BCUT2D eigenvalue weighted by Crippen LogP contribution is 2.14. The van der Waals surface area contributed by atoms with Crippen LogP contribution in [0.3, 0.4) is 0 Å². The highest BCUT2D eigenvalue weighted by atomic mass is 17.2. The van der Waals surface area contributed by atoms with Gasteiger partial charge in [-0.2, -0.15) is 4.89 Å². The molecule has 0 aliphatic heterocycles. The van der Waals surface area contributed by atoms with Crippen LogP contribution in [0.4, 0.5) is 0 Å². The van der Waals surface area contributed by atoms with Gasteiger partial charge in [-0.15, -0.1) is 0 Å². The third-order valence-corrected chi connectivity index (χ3v) is 2.77. The van der Waals surface area contributed by atoms with Crippen molar-refractivity contribution < 1.29 is 19.3 Å². The van der Waals surface area contributed by atoms with Crippen molar-refractivity contribution in [3.63, 3.8) is 0 Å². The summed E-state index contributed by atoms with van der Waals surface area (Å²) in [5, 5.41) is 0. The molecule has 0 saturated carbocycles. The zero-order valence-corrected chi connectivity index (χ0v) is 11.9. The molecule has 19 heavy (non-hydrogen) atoms. The Hall–Kier alpha value is -1.39. The molecule has 4 heteroatoms. The molecule has 0 aliphatic carbocycles. The summed E-state index contributed by atoms with van der Waals surface area (Å²) in [6.45, 7) is 7.24. The van der Waals surface area contributed by atoms with Crippen molar-refractivity contribution in [1.29, 1.82) is 0 Å². The van der Waals surface area contributed by atoms with Crippen molar-refractivity contribution in [2.24, 2.45) is 0 Å². The lowest BCUT2D eigenvalue weighted by molar-refractivity contribution is -0.247. The van der Waals surface area contributed by atoms with Gasteiger partial charge in [0.15, 0.2) is 0 Å². The first-order chi connectivity index (χ1) is 9.16. The van der Waals surface area contributed by atoms with E-state index in [0.29, 0.717) is 18.8 Å². The molecule has 0 saturated heterocycles. The average Bonchev–Trinajstić information content (AvgIpc) is 2.37. The number of benzene rings is 1. The van der Waals surface area contributed by atoms with Crippen molar-refractivity contribution >= 4 is 5.97 Å². The highest BCUT2D eigenvalue weighted by molar-refractivity contribution is 5.92. The lowest BCUT2D eigenvalue weighted by atomic mass is 10.0. The van der Waals surface area contributed by atoms with Crippen LogP contribution in [0.15, 0.2) is 18.2 Å². The average molecular weight is 266 g/mol. The molecule has 0 unspecified atom stereocenters. The topological polar surface area (TPSA) is 44.8 Å². The van der Waals surface area contributed by atoms with Gasteiger partial charge in [-0.25, -0.2) is 4.79 Å². The maximum atomic E-state index is 11.8. The summed E-state index contributed by atoms with van der Waals surface area (Å²) in [7, 11) is 0. The third-order valence-electron chi connectivity index (χ3n) is 2.77. The van der Waals surface area contributed by atoms with Crippen molar-refractivity contribution in [3.05, 3.63) is 34.9 Å². The first-order valence-electron chi connectivity index (χ1n) is 6.64. The van der Waals surface area contributed by atoms with E-state index in [2.05, 4.69) is 6.92 Å². The second kappa shape index (κ2) is 8.67. The van der Waals surface area contributed by atoms with E-state index in [9.17, 15) is 4.79 Å². The normalized spacial score (nSPS) is 10.5. The monoisotopic (exact) mass is 266 g/mol. The number of aryl methyl sites for hydroxylation is 2. The van der Waals surface area contributed by atoms with Crippen LogP contribution in [0, 0.1) is 13.8 Å². The Morgan fingerprint density at radius 1 is 1.11 bits per heavy atom. The molecule has 106 valence electrons. The van der Waals surface area contributed by atoms with Crippen LogP contribution in [0.2, 0.25) is 0 Å². The van der Waals surface area contributed by atoms with Gasteiger partial charge < -0.3 is 4.74 Å². The van der Waals surface area contributed by atoms with Gasteiger partial charge in [0, 0.05) is 6.61 Å². The second-order valence-electron chi connectivity index (χ2n) is 4.43.